The maximum Gasteiger partial charge on any atom is 0.293 e. The Morgan fingerprint density at radius 2 is 2.09 bits per heavy atom. The fourth-order valence-electron chi connectivity index (χ4n) is 4.46. The van der Waals surface area contributed by atoms with E-state index in [1.807, 2.05) is 40.6 Å². The maximum absolute atomic E-state index is 13.6. The normalized spacial score (nSPS) is 16.5. The summed E-state index contributed by atoms with van der Waals surface area (Å²) >= 11 is 0. The number of fused-ring (bicyclic) bond motifs is 2. The number of hydrogen-bond acceptors (Lipinski definition) is 6. The van der Waals surface area contributed by atoms with Gasteiger partial charge in [-0.2, -0.15) is 10.2 Å². The van der Waals surface area contributed by atoms with Crippen LogP contribution in [-0.4, -0.2) is 48.2 Å². The van der Waals surface area contributed by atoms with Gasteiger partial charge >= 0.3 is 0 Å². The predicted molar refractivity (Wildman–Crippen MR) is 124 cm³/mol. The number of benzene rings is 1. The average Bonchev–Trinajstić information content (AvgIpc) is 3.32. The molecule has 0 saturated carbocycles. The average molecular weight is 431 g/mol. The van der Waals surface area contributed by atoms with E-state index < -0.39 is 0 Å². The van der Waals surface area contributed by atoms with Crippen molar-refractivity contribution in [3.05, 3.63) is 46.5 Å². The number of hydrogen-bond donors (Lipinski definition) is 1. The fraction of sp³-hybridized carbons (Fsp3) is 0.391. The van der Waals surface area contributed by atoms with Crippen molar-refractivity contribution < 1.29 is 0 Å². The lowest BCUT2D eigenvalue weighted by atomic mass is 10.1. The third-order valence-corrected chi connectivity index (χ3v) is 6.05. The molecule has 5 rings (SSSR count). The number of aryl methyl sites for hydroxylation is 1. The standard InChI is InChI=1S/C23H26N8O/c1-3-4-12-30-21-19(26-23(30)29-11-7-8-16(24)14-29)13-25-31(22(21)32)15-20-17-9-5-6-10-18(17)27-28(20)2/h5-6,9-10,13,16H,7-8,11-12,14-15,24H2,1-2H3. The molecule has 9 heteroatoms. The number of aromatic nitrogens is 6. The summed E-state index contributed by atoms with van der Waals surface area (Å²) in [5, 5.41) is 9.99. The monoisotopic (exact) mass is 430 g/mol. The molecule has 0 amide bonds. The Morgan fingerprint density at radius 1 is 1.25 bits per heavy atom. The van der Waals surface area contributed by atoms with Crippen LogP contribution in [0.15, 0.2) is 35.3 Å². The van der Waals surface area contributed by atoms with Crippen LogP contribution >= 0.6 is 0 Å². The number of anilines is 1. The second-order valence-corrected chi connectivity index (χ2v) is 8.20. The van der Waals surface area contributed by atoms with Crippen LogP contribution in [0.25, 0.3) is 21.9 Å². The minimum atomic E-state index is -0.189. The van der Waals surface area contributed by atoms with Gasteiger partial charge in [0.25, 0.3) is 5.56 Å². The minimum Gasteiger partial charge on any atom is -0.341 e. The van der Waals surface area contributed by atoms with Gasteiger partial charge in [-0.1, -0.05) is 24.1 Å². The molecule has 1 unspecified atom stereocenters. The second kappa shape index (κ2) is 8.13. The zero-order chi connectivity index (χ0) is 22.2. The SMILES string of the molecule is CC#CCn1c(N2CCCC(N)C2)nc2cnn(Cc3c4ccccc4nn3C)c(=O)c21. The molecule has 1 saturated heterocycles. The van der Waals surface area contributed by atoms with Crippen LogP contribution in [0.4, 0.5) is 5.95 Å². The van der Waals surface area contributed by atoms with Gasteiger partial charge in [-0.3, -0.25) is 14.0 Å². The molecule has 0 aliphatic carbocycles. The summed E-state index contributed by atoms with van der Waals surface area (Å²) in [7, 11) is 1.89. The quantitative estimate of drug-likeness (QED) is 0.492. The molecule has 1 aliphatic rings. The summed E-state index contributed by atoms with van der Waals surface area (Å²) < 4.78 is 5.20. The number of piperidine rings is 1. The van der Waals surface area contributed by atoms with E-state index in [1.54, 1.807) is 13.1 Å². The third kappa shape index (κ3) is 3.42. The van der Waals surface area contributed by atoms with E-state index >= 15 is 0 Å². The first-order chi connectivity index (χ1) is 15.6. The van der Waals surface area contributed by atoms with Crippen LogP contribution in [0.2, 0.25) is 0 Å². The number of rotatable bonds is 4. The van der Waals surface area contributed by atoms with Gasteiger partial charge in [0.1, 0.15) is 11.0 Å². The van der Waals surface area contributed by atoms with E-state index in [0.717, 1.165) is 41.9 Å². The molecule has 0 radical (unpaired) electrons. The molecule has 1 aromatic carbocycles. The lowest BCUT2D eigenvalue weighted by Gasteiger charge is -2.31. The molecule has 164 valence electrons. The van der Waals surface area contributed by atoms with E-state index in [2.05, 4.69) is 26.9 Å². The molecule has 1 aliphatic heterocycles. The molecule has 4 heterocycles. The molecule has 9 nitrogen and oxygen atoms in total. The maximum atomic E-state index is 13.6. The summed E-state index contributed by atoms with van der Waals surface area (Å²) in [5.41, 5.74) is 8.93. The summed E-state index contributed by atoms with van der Waals surface area (Å²) in [6.07, 6.45) is 3.66. The topological polar surface area (TPSA) is 99.8 Å². The van der Waals surface area contributed by atoms with E-state index in [-0.39, 0.29) is 11.6 Å². The highest BCUT2D eigenvalue weighted by Crippen LogP contribution is 2.23. The van der Waals surface area contributed by atoms with E-state index in [1.165, 1.54) is 4.68 Å². The molecule has 0 bridgehead atoms. The lowest BCUT2D eigenvalue weighted by molar-refractivity contribution is 0.496. The Bertz CT molecular complexity index is 1420. The third-order valence-electron chi connectivity index (χ3n) is 6.05. The molecule has 2 N–H and O–H groups in total. The molecule has 3 aromatic heterocycles. The molecule has 32 heavy (non-hydrogen) atoms. The van der Waals surface area contributed by atoms with Crippen LogP contribution in [0.3, 0.4) is 0 Å². The van der Waals surface area contributed by atoms with Gasteiger partial charge in [-0.25, -0.2) is 9.67 Å². The van der Waals surface area contributed by atoms with Gasteiger partial charge in [-0.15, -0.1) is 5.92 Å². The van der Waals surface area contributed by atoms with Gasteiger partial charge in [0.15, 0.2) is 0 Å². The van der Waals surface area contributed by atoms with E-state index in [9.17, 15) is 4.79 Å². The summed E-state index contributed by atoms with van der Waals surface area (Å²) in [4.78, 5) is 20.5. The zero-order valence-corrected chi connectivity index (χ0v) is 18.3. The Hall–Kier alpha value is -3.64. The van der Waals surface area contributed by atoms with Crippen molar-refractivity contribution in [2.75, 3.05) is 18.0 Å². The Morgan fingerprint density at radius 3 is 2.91 bits per heavy atom. The van der Waals surface area contributed by atoms with Crippen molar-refractivity contribution in [2.45, 2.75) is 38.9 Å². The minimum absolute atomic E-state index is 0.0992. The van der Waals surface area contributed by atoms with Crippen LogP contribution in [-0.2, 0) is 20.1 Å². The van der Waals surface area contributed by atoms with Crippen LogP contribution in [0.5, 0.6) is 0 Å². The molecule has 1 fully saturated rings. The predicted octanol–water partition coefficient (Wildman–Crippen LogP) is 1.48. The van der Waals surface area contributed by atoms with Crippen molar-refractivity contribution in [3.63, 3.8) is 0 Å². The first-order valence-corrected chi connectivity index (χ1v) is 10.8. The van der Waals surface area contributed by atoms with E-state index in [0.29, 0.717) is 30.7 Å². The smallest absolute Gasteiger partial charge is 0.293 e. The van der Waals surface area contributed by atoms with Crippen molar-refractivity contribution in [1.82, 2.24) is 29.1 Å². The van der Waals surface area contributed by atoms with Crippen molar-refractivity contribution in [1.29, 1.82) is 0 Å². The van der Waals surface area contributed by atoms with E-state index in [4.69, 9.17) is 10.7 Å². The molecular formula is C23H26N8O. The summed E-state index contributed by atoms with van der Waals surface area (Å²) in [6.45, 7) is 4.08. The van der Waals surface area contributed by atoms with Crippen LogP contribution in [0.1, 0.15) is 25.5 Å². The Balaban J connectivity index is 1.62. The van der Waals surface area contributed by atoms with Crippen molar-refractivity contribution in [3.8, 4) is 11.8 Å². The van der Waals surface area contributed by atoms with Gasteiger partial charge in [0.2, 0.25) is 5.95 Å². The number of nitrogens with zero attached hydrogens (tertiary/aromatic N) is 7. The van der Waals surface area contributed by atoms with Gasteiger partial charge < -0.3 is 10.6 Å². The van der Waals surface area contributed by atoms with Crippen LogP contribution in [0, 0.1) is 11.8 Å². The van der Waals surface area contributed by atoms with Crippen LogP contribution < -0.4 is 16.2 Å². The first kappa shape index (κ1) is 20.3. The molecule has 0 spiro atoms. The highest BCUT2D eigenvalue weighted by Gasteiger charge is 2.24. The number of nitrogens with two attached hydrogens (primary N) is 1. The summed E-state index contributed by atoms with van der Waals surface area (Å²) in [6, 6.07) is 8.01. The largest absolute Gasteiger partial charge is 0.341 e. The Kier molecular flexibility index (Phi) is 5.15. The highest BCUT2D eigenvalue weighted by atomic mass is 16.1. The van der Waals surface area contributed by atoms with Crippen molar-refractivity contribution >= 4 is 27.9 Å². The fourth-order valence-corrected chi connectivity index (χ4v) is 4.46. The van der Waals surface area contributed by atoms with Crippen molar-refractivity contribution in [2.24, 2.45) is 12.8 Å². The molecule has 4 aromatic rings. The van der Waals surface area contributed by atoms with Gasteiger partial charge in [-0.05, 0) is 25.8 Å². The molecule has 1 atom stereocenters. The Labute approximate surface area is 185 Å². The summed E-state index contributed by atoms with van der Waals surface area (Å²) in [5.74, 6) is 6.76. The first-order valence-electron chi connectivity index (χ1n) is 10.8. The molecular weight excluding hydrogens is 404 g/mol. The lowest BCUT2D eigenvalue weighted by Crippen LogP contribution is -2.44. The second-order valence-electron chi connectivity index (χ2n) is 8.20. The number of imidazole rings is 1. The zero-order valence-electron chi connectivity index (χ0n) is 18.3. The highest BCUT2D eigenvalue weighted by molar-refractivity contribution is 5.81. The van der Waals surface area contributed by atoms with Gasteiger partial charge in [0.05, 0.1) is 30.5 Å². The van der Waals surface area contributed by atoms with Gasteiger partial charge in [0, 0.05) is 31.6 Å².